The number of carbonyl (C=O) groups excluding carboxylic acids is 3. The van der Waals surface area contributed by atoms with Gasteiger partial charge in [-0.05, 0) is 67.6 Å². The highest BCUT2D eigenvalue weighted by atomic mass is 32.2. The van der Waals surface area contributed by atoms with Crippen LogP contribution in [0.5, 0.6) is 5.75 Å². The average Bonchev–Trinajstić information content (AvgIpc) is 3.01. The molecule has 10 heteroatoms. The third kappa shape index (κ3) is 9.07. The molecule has 0 saturated carbocycles. The number of rotatable bonds is 12. The van der Waals surface area contributed by atoms with E-state index in [1.165, 1.54) is 23.9 Å². The van der Waals surface area contributed by atoms with Gasteiger partial charge in [-0.2, -0.15) is 0 Å². The molecule has 0 spiro atoms. The van der Waals surface area contributed by atoms with Gasteiger partial charge in [0.1, 0.15) is 11.4 Å². The monoisotopic (exact) mass is 595 g/mol. The Kier molecular flexibility index (Phi) is 10.7. The summed E-state index contributed by atoms with van der Waals surface area (Å²) in [6.45, 7) is 2.29. The Balaban J connectivity index is 1.47. The second-order valence-corrected chi connectivity index (χ2v) is 10.1. The van der Waals surface area contributed by atoms with Crippen molar-refractivity contribution >= 4 is 52.9 Å². The highest BCUT2D eigenvalue weighted by Crippen LogP contribution is 2.24. The molecule has 0 heterocycles. The van der Waals surface area contributed by atoms with E-state index in [-0.39, 0.29) is 22.9 Å². The van der Waals surface area contributed by atoms with Gasteiger partial charge in [-0.1, -0.05) is 48.5 Å². The molecule has 0 aliphatic rings. The van der Waals surface area contributed by atoms with E-state index in [0.29, 0.717) is 39.8 Å². The van der Waals surface area contributed by atoms with Crippen LogP contribution in [0.25, 0.3) is 6.08 Å². The molecule has 0 bridgehead atoms. The van der Waals surface area contributed by atoms with Crippen molar-refractivity contribution < 1.29 is 29.0 Å². The number of amides is 3. The largest absolute Gasteiger partial charge is 0.493 e. The summed E-state index contributed by atoms with van der Waals surface area (Å²) in [5.41, 5.74) is 1.94. The summed E-state index contributed by atoms with van der Waals surface area (Å²) in [6, 6.07) is 28.7. The Labute approximate surface area is 253 Å². The molecule has 3 amide bonds. The Hall–Kier alpha value is -5.35. The molecule has 0 fully saturated rings. The van der Waals surface area contributed by atoms with Gasteiger partial charge < -0.3 is 25.8 Å². The summed E-state index contributed by atoms with van der Waals surface area (Å²) in [7, 11) is 0. The smallest absolute Gasteiger partial charge is 0.335 e. The Morgan fingerprint density at radius 3 is 2.21 bits per heavy atom. The Bertz CT molecular complexity index is 1660. The number of anilines is 2. The number of ether oxygens (including phenoxy) is 1. The number of nitrogens with one attached hydrogen (secondary N) is 3. The molecule has 0 saturated heterocycles. The maximum Gasteiger partial charge on any atom is 0.335 e. The lowest BCUT2D eigenvalue weighted by Gasteiger charge is -2.13. The second-order valence-electron chi connectivity index (χ2n) is 9.05. The molecule has 4 N–H and O–H groups in total. The molecule has 0 aliphatic carbocycles. The van der Waals surface area contributed by atoms with Gasteiger partial charge in [0.05, 0.1) is 17.9 Å². The zero-order chi connectivity index (χ0) is 30.6. The van der Waals surface area contributed by atoms with Gasteiger partial charge in [0.15, 0.2) is 0 Å². The van der Waals surface area contributed by atoms with Crippen LogP contribution in [-0.4, -0.2) is 41.2 Å². The van der Waals surface area contributed by atoms with Gasteiger partial charge in [-0.3, -0.25) is 14.4 Å². The topological polar surface area (TPSA) is 134 Å². The number of para-hydroxylation sites is 1. The summed E-state index contributed by atoms with van der Waals surface area (Å²) in [4.78, 5) is 50.8. The highest BCUT2D eigenvalue weighted by molar-refractivity contribution is 8.00. The van der Waals surface area contributed by atoms with Crippen molar-refractivity contribution in [1.82, 2.24) is 5.32 Å². The number of carboxylic acids is 1. The van der Waals surface area contributed by atoms with E-state index in [9.17, 15) is 19.2 Å². The van der Waals surface area contributed by atoms with Crippen molar-refractivity contribution in [3.8, 4) is 5.75 Å². The van der Waals surface area contributed by atoms with Crippen LogP contribution in [0.3, 0.4) is 0 Å². The maximum atomic E-state index is 13.5. The van der Waals surface area contributed by atoms with Gasteiger partial charge in [0, 0.05) is 27.4 Å². The fraction of sp³-hybridized carbons (Fsp3) is 0.0909. The lowest BCUT2D eigenvalue weighted by atomic mass is 10.1. The van der Waals surface area contributed by atoms with Gasteiger partial charge in [0.2, 0.25) is 5.91 Å². The molecule has 0 aliphatic heterocycles. The van der Waals surface area contributed by atoms with E-state index in [2.05, 4.69) is 16.0 Å². The average molecular weight is 596 g/mol. The lowest BCUT2D eigenvalue weighted by molar-refractivity contribution is -0.114. The van der Waals surface area contributed by atoms with Gasteiger partial charge in [0.25, 0.3) is 11.8 Å². The first-order valence-electron chi connectivity index (χ1n) is 13.3. The van der Waals surface area contributed by atoms with Crippen molar-refractivity contribution in [3.05, 3.63) is 126 Å². The number of thioether (sulfide) groups is 1. The van der Waals surface area contributed by atoms with Gasteiger partial charge in [-0.25, -0.2) is 4.79 Å². The van der Waals surface area contributed by atoms with Crippen molar-refractivity contribution in [3.63, 3.8) is 0 Å². The molecule has 4 rings (SSSR count). The second kappa shape index (κ2) is 15.0. The van der Waals surface area contributed by atoms with Crippen molar-refractivity contribution in [2.45, 2.75) is 11.8 Å². The minimum absolute atomic E-state index is 0.0158. The zero-order valence-corrected chi connectivity index (χ0v) is 24.0. The van der Waals surface area contributed by atoms with E-state index < -0.39 is 17.8 Å². The zero-order valence-electron chi connectivity index (χ0n) is 23.2. The fourth-order valence-corrected chi connectivity index (χ4v) is 4.68. The molecule has 0 atom stereocenters. The minimum Gasteiger partial charge on any atom is -0.493 e. The van der Waals surface area contributed by atoms with Crippen LogP contribution in [-0.2, 0) is 9.59 Å². The molecular weight excluding hydrogens is 566 g/mol. The van der Waals surface area contributed by atoms with Crippen LogP contribution in [0.15, 0.2) is 114 Å². The van der Waals surface area contributed by atoms with Crippen LogP contribution >= 0.6 is 11.8 Å². The third-order valence-corrected chi connectivity index (χ3v) is 6.90. The Morgan fingerprint density at radius 1 is 0.791 bits per heavy atom. The predicted molar refractivity (Wildman–Crippen MR) is 167 cm³/mol. The summed E-state index contributed by atoms with van der Waals surface area (Å²) >= 11 is 1.25. The number of hydrogen-bond acceptors (Lipinski definition) is 6. The molecular formula is C33H29N3O6S. The first kappa shape index (κ1) is 30.6. The molecule has 218 valence electrons. The van der Waals surface area contributed by atoms with Crippen molar-refractivity contribution in [1.29, 1.82) is 0 Å². The molecule has 43 heavy (non-hydrogen) atoms. The van der Waals surface area contributed by atoms with E-state index >= 15 is 0 Å². The first-order valence-corrected chi connectivity index (χ1v) is 14.3. The normalized spacial score (nSPS) is 10.9. The van der Waals surface area contributed by atoms with E-state index in [1.54, 1.807) is 84.9 Å². The van der Waals surface area contributed by atoms with E-state index in [4.69, 9.17) is 9.84 Å². The van der Waals surface area contributed by atoms with Crippen LogP contribution in [0, 0.1) is 0 Å². The van der Waals surface area contributed by atoms with Crippen molar-refractivity contribution in [2.24, 2.45) is 0 Å². The molecule has 4 aromatic rings. The quantitative estimate of drug-likeness (QED) is 0.118. The molecule has 0 radical (unpaired) electrons. The van der Waals surface area contributed by atoms with Crippen LogP contribution in [0.1, 0.15) is 33.2 Å². The Morgan fingerprint density at radius 2 is 1.47 bits per heavy atom. The predicted octanol–water partition coefficient (Wildman–Crippen LogP) is 5.92. The minimum atomic E-state index is -1.08. The van der Waals surface area contributed by atoms with Gasteiger partial charge >= 0.3 is 5.97 Å². The first-order chi connectivity index (χ1) is 20.8. The molecule has 0 unspecified atom stereocenters. The maximum absolute atomic E-state index is 13.5. The number of hydrogen-bond donors (Lipinski definition) is 4. The molecule has 0 aromatic heterocycles. The standard InChI is InChI=1S/C33H29N3O6S/c1-2-42-29-17-7-6-12-23(29)19-28(36-31(38)22-10-4-3-5-11-22)32(39)35-26-15-9-16-27(20-26)43-21-30(37)34-25-14-8-13-24(18-25)33(40)41/h3-20H,2,21H2,1H3,(H,34,37)(H,35,39)(H,36,38)(H,40,41)/b28-19+. The number of benzene rings is 4. The number of carbonyl (C=O) groups is 4. The fourth-order valence-electron chi connectivity index (χ4n) is 3.92. The molecule has 4 aromatic carbocycles. The van der Waals surface area contributed by atoms with Crippen molar-refractivity contribution in [2.75, 3.05) is 23.0 Å². The van der Waals surface area contributed by atoms with E-state index in [1.807, 2.05) is 19.1 Å². The lowest BCUT2D eigenvalue weighted by Crippen LogP contribution is -2.30. The molecule has 9 nitrogen and oxygen atoms in total. The van der Waals surface area contributed by atoms with E-state index in [0.717, 1.165) is 0 Å². The summed E-state index contributed by atoms with van der Waals surface area (Å²) in [6.07, 6.45) is 1.56. The number of carboxylic acid groups (broad SMARTS) is 1. The highest BCUT2D eigenvalue weighted by Gasteiger charge is 2.17. The third-order valence-electron chi connectivity index (χ3n) is 5.90. The SMILES string of the molecule is CCOc1ccccc1/C=C(/NC(=O)c1ccccc1)C(=O)Nc1cccc(SCC(=O)Nc2cccc(C(=O)O)c2)c1. The van der Waals surface area contributed by atoms with Gasteiger partial charge in [-0.15, -0.1) is 11.8 Å². The van der Waals surface area contributed by atoms with Crippen LogP contribution in [0.4, 0.5) is 11.4 Å². The summed E-state index contributed by atoms with van der Waals surface area (Å²) < 4.78 is 5.69. The number of aromatic carboxylic acids is 1. The van der Waals surface area contributed by atoms with Crippen LogP contribution < -0.4 is 20.7 Å². The summed E-state index contributed by atoms with van der Waals surface area (Å²) in [5.74, 6) is -1.77. The summed E-state index contributed by atoms with van der Waals surface area (Å²) in [5, 5.41) is 17.4. The van der Waals surface area contributed by atoms with Crippen LogP contribution in [0.2, 0.25) is 0 Å².